The van der Waals surface area contributed by atoms with Crippen LogP contribution in [0.4, 0.5) is 11.4 Å². The van der Waals surface area contributed by atoms with Gasteiger partial charge >= 0.3 is 0 Å². The number of hydrogen-bond acceptors (Lipinski definition) is 4. The minimum atomic E-state index is -0.673. The van der Waals surface area contributed by atoms with Gasteiger partial charge in [-0.2, -0.15) is 5.26 Å². The maximum Gasteiger partial charge on any atom is 0.259 e. The van der Waals surface area contributed by atoms with E-state index < -0.39 is 5.54 Å². The third-order valence-corrected chi connectivity index (χ3v) is 6.16. The molecule has 0 aromatic heterocycles. The molecule has 6 nitrogen and oxygen atoms in total. The van der Waals surface area contributed by atoms with Gasteiger partial charge in [0.1, 0.15) is 5.54 Å². The van der Waals surface area contributed by atoms with Crippen LogP contribution in [0.5, 0.6) is 0 Å². The molecule has 2 amide bonds. The molecule has 7 heteroatoms. The van der Waals surface area contributed by atoms with Crippen molar-refractivity contribution in [2.24, 2.45) is 0 Å². The van der Waals surface area contributed by atoms with Gasteiger partial charge in [0.15, 0.2) is 5.11 Å². The first-order chi connectivity index (χ1) is 13.9. The minimum absolute atomic E-state index is 0.0340. The number of rotatable bonds is 3. The molecule has 1 saturated heterocycles. The average molecular weight is 404 g/mol. The molecule has 146 valence electrons. The Labute approximate surface area is 174 Å². The van der Waals surface area contributed by atoms with E-state index in [0.717, 1.165) is 30.5 Å². The molecule has 4 rings (SSSR count). The van der Waals surface area contributed by atoms with Crippen LogP contribution in [0.15, 0.2) is 42.5 Å². The van der Waals surface area contributed by atoms with E-state index in [1.165, 1.54) is 0 Å². The lowest BCUT2D eigenvalue weighted by atomic mass is 9.75. The number of aryl methyl sites for hydroxylation is 1. The molecule has 1 aliphatic carbocycles. The van der Waals surface area contributed by atoms with Crippen LogP contribution in [-0.2, 0) is 4.79 Å². The Morgan fingerprint density at radius 2 is 1.83 bits per heavy atom. The zero-order valence-corrected chi connectivity index (χ0v) is 17.0. The first-order valence-electron chi connectivity index (χ1n) is 9.44. The zero-order valence-electron chi connectivity index (χ0n) is 16.2. The Hall–Kier alpha value is -3.24. The molecule has 1 saturated carbocycles. The summed E-state index contributed by atoms with van der Waals surface area (Å²) in [5, 5.41) is 12.2. The molecule has 1 aliphatic heterocycles. The van der Waals surface area contributed by atoms with Gasteiger partial charge in [-0.25, -0.2) is 0 Å². The van der Waals surface area contributed by atoms with Gasteiger partial charge in [-0.15, -0.1) is 0 Å². The normalized spacial score (nSPS) is 17.3. The van der Waals surface area contributed by atoms with Gasteiger partial charge in [0, 0.05) is 18.3 Å². The van der Waals surface area contributed by atoms with Crippen LogP contribution >= 0.6 is 12.2 Å². The largest absolute Gasteiger partial charge is 0.355 e. The summed E-state index contributed by atoms with van der Waals surface area (Å²) < 4.78 is 0. The van der Waals surface area contributed by atoms with Crippen LogP contribution in [0.3, 0.4) is 0 Å². The maximum atomic E-state index is 13.5. The van der Waals surface area contributed by atoms with Crippen molar-refractivity contribution in [1.29, 1.82) is 5.26 Å². The van der Waals surface area contributed by atoms with E-state index in [1.807, 2.05) is 30.0 Å². The fourth-order valence-electron chi connectivity index (χ4n) is 4.03. The maximum absolute atomic E-state index is 13.5. The van der Waals surface area contributed by atoms with Gasteiger partial charge < -0.3 is 10.2 Å². The fraction of sp³-hybridized carbons (Fsp3) is 0.273. The molecule has 1 heterocycles. The first-order valence-corrected chi connectivity index (χ1v) is 9.85. The minimum Gasteiger partial charge on any atom is -0.355 e. The summed E-state index contributed by atoms with van der Waals surface area (Å²) in [5.74, 6) is -0.196. The lowest BCUT2D eigenvalue weighted by molar-refractivity contribution is -0.123. The average Bonchev–Trinajstić information content (AvgIpc) is 2.94. The van der Waals surface area contributed by atoms with Gasteiger partial charge in [-0.3, -0.25) is 14.5 Å². The summed E-state index contributed by atoms with van der Waals surface area (Å²) >= 11 is 5.75. The Kier molecular flexibility index (Phi) is 4.59. The van der Waals surface area contributed by atoms with E-state index in [4.69, 9.17) is 12.2 Å². The van der Waals surface area contributed by atoms with Gasteiger partial charge in [-0.05, 0) is 86.4 Å². The Morgan fingerprint density at radius 3 is 2.34 bits per heavy atom. The highest BCUT2D eigenvalue weighted by Gasteiger charge is 2.59. The SMILES string of the molecule is CNC(=O)c1ccc(N2C(=S)N(c3ccc(C#N)c(C)c3)C(=O)C23CCC3)cc1. The van der Waals surface area contributed by atoms with E-state index in [0.29, 0.717) is 21.9 Å². The van der Waals surface area contributed by atoms with E-state index in [9.17, 15) is 14.9 Å². The number of carbonyl (C=O) groups is 2. The van der Waals surface area contributed by atoms with Crippen molar-refractivity contribution in [3.8, 4) is 6.07 Å². The molecule has 2 fully saturated rings. The van der Waals surface area contributed by atoms with E-state index >= 15 is 0 Å². The van der Waals surface area contributed by atoms with Crippen LogP contribution in [0.25, 0.3) is 0 Å². The second-order valence-electron chi connectivity index (χ2n) is 7.38. The Bertz CT molecular complexity index is 1070. The third kappa shape index (κ3) is 2.79. The molecule has 2 aromatic rings. The molecule has 0 atom stereocenters. The number of nitrogens with zero attached hydrogens (tertiary/aromatic N) is 3. The molecular weight excluding hydrogens is 384 g/mol. The van der Waals surface area contributed by atoms with Crippen molar-refractivity contribution in [1.82, 2.24) is 5.32 Å². The van der Waals surface area contributed by atoms with Crippen molar-refractivity contribution >= 4 is 40.5 Å². The molecule has 1 spiro atoms. The van der Waals surface area contributed by atoms with Crippen molar-refractivity contribution in [2.45, 2.75) is 31.7 Å². The van der Waals surface area contributed by atoms with E-state index in [2.05, 4.69) is 11.4 Å². The highest BCUT2D eigenvalue weighted by molar-refractivity contribution is 7.81. The van der Waals surface area contributed by atoms with Crippen molar-refractivity contribution in [3.05, 3.63) is 59.2 Å². The number of carbonyl (C=O) groups excluding carboxylic acids is 2. The highest BCUT2D eigenvalue weighted by Crippen LogP contribution is 2.47. The Morgan fingerprint density at radius 1 is 1.17 bits per heavy atom. The lowest BCUT2D eigenvalue weighted by Crippen LogP contribution is -2.55. The molecule has 0 bridgehead atoms. The number of thiocarbonyl (C=S) groups is 1. The highest BCUT2D eigenvalue weighted by atomic mass is 32.1. The monoisotopic (exact) mass is 404 g/mol. The molecule has 2 aromatic carbocycles. The van der Waals surface area contributed by atoms with E-state index in [1.54, 1.807) is 36.2 Å². The Balaban J connectivity index is 1.75. The van der Waals surface area contributed by atoms with Crippen LogP contribution in [-0.4, -0.2) is 29.5 Å². The molecular formula is C22H20N4O2S. The standard InChI is InChI=1S/C22H20N4O2S/c1-14-12-18(9-6-16(14)13-23)25-20(28)22(10-3-11-22)26(21(25)29)17-7-4-15(5-8-17)19(27)24-2/h4-9,12H,3,10-11H2,1-2H3,(H,24,27). The quantitative estimate of drug-likeness (QED) is 0.795. The van der Waals surface area contributed by atoms with Crippen LogP contribution in [0, 0.1) is 18.3 Å². The number of benzene rings is 2. The summed E-state index contributed by atoms with van der Waals surface area (Å²) in [6.07, 6.45) is 2.42. The first kappa shape index (κ1) is 19.1. The van der Waals surface area contributed by atoms with Crippen LogP contribution in [0.1, 0.15) is 40.7 Å². The van der Waals surface area contributed by atoms with Crippen molar-refractivity contribution < 1.29 is 9.59 Å². The smallest absolute Gasteiger partial charge is 0.259 e. The van der Waals surface area contributed by atoms with Gasteiger partial charge in [-0.1, -0.05) is 0 Å². The summed E-state index contributed by atoms with van der Waals surface area (Å²) in [7, 11) is 1.59. The summed E-state index contributed by atoms with van der Waals surface area (Å²) in [6.45, 7) is 1.85. The van der Waals surface area contributed by atoms with Gasteiger partial charge in [0.2, 0.25) is 0 Å². The number of hydrogen-bond donors (Lipinski definition) is 1. The van der Waals surface area contributed by atoms with Gasteiger partial charge in [0.05, 0.1) is 17.3 Å². The van der Waals surface area contributed by atoms with E-state index in [-0.39, 0.29) is 11.8 Å². The summed E-state index contributed by atoms with van der Waals surface area (Å²) in [6, 6.07) is 14.6. The molecule has 0 unspecified atom stereocenters. The number of amides is 2. The number of anilines is 2. The van der Waals surface area contributed by atoms with Crippen molar-refractivity contribution in [2.75, 3.05) is 16.8 Å². The molecule has 0 radical (unpaired) electrons. The zero-order chi connectivity index (χ0) is 20.8. The third-order valence-electron chi connectivity index (χ3n) is 5.80. The second kappa shape index (κ2) is 6.98. The molecule has 2 aliphatic rings. The second-order valence-corrected chi connectivity index (χ2v) is 7.75. The number of nitriles is 1. The van der Waals surface area contributed by atoms with Crippen LogP contribution < -0.4 is 15.1 Å². The van der Waals surface area contributed by atoms with Crippen molar-refractivity contribution in [3.63, 3.8) is 0 Å². The van der Waals surface area contributed by atoms with Crippen LogP contribution in [0.2, 0.25) is 0 Å². The fourth-order valence-corrected chi connectivity index (χ4v) is 4.50. The molecule has 1 N–H and O–H groups in total. The molecule has 29 heavy (non-hydrogen) atoms. The topological polar surface area (TPSA) is 76.4 Å². The summed E-state index contributed by atoms with van der Waals surface area (Å²) in [4.78, 5) is 28.8. The number of nitrogens with one attached hydrogen (secondary N) is 1. The predicted molar refractivity (Wildman–Crippen MR) is 115 cm³/mol. The lowest BCUT2D eigenvalue weighted by Gasteiger charge is -2.43. The van der Waals surface area contributed by atoms with Gasteiger partial charge in [0.25, 0.3) is 11.8 Å². The predicted octanol–water partition coefficient (Wildman–Crippen LogP) is 3.29. The summed E-state index contributed by atoms with van der Waals surface area (Å²) in [5.41, 5.74) is 2.72.